The molecule has 0 atom stereocenters. The number of rotatable bonds is 2. The van der Waals surface area contributed by atoms with Crippen molar-refractivity contribution in [3.05, 3.63) is 0 Å². The summed E-state index contributed by atoms with van der Waals surface area (Å²) in [4.78, 5) is 0. The molecule has 2 rings (SSSR count). The van der Waals surface area contributed by atoms with Crippen molar-refractivity contribution in [2.45, 2.75) is 45.4 Å². The molecule has 0 heterocycles. The maximum Gasteiger partial charge on any atom is 0.0280 e. The lowest BCUT2D eigenvalue weighted by atomic mass is 9.45. The van der Waals surface area contributed by atoms with Crippen molar-refractivity contribution in [2.24, 2.45) is 10.8 Å². The molecule has 2 fully saturated rings. The fourth-order valence-electron chi connectivity index (χ4n) is 3.01. The summed E-state index contributed by atoms with van der Waals surface area (Å²) in [5.41, 5.74) is 1.35. The van der Waals surface area contributed by atoms with Crippen molar-refractivity contribution in [1.82, 2.24) is 0 Å². The lowest BCUT2D eigenvalue weighted by molar-refractivity contribution is -0.0855. The highest BCUT2D eigenvalue weighted by atomic mass is 35.5. The van der Waals surface area contributed by atoms with Gasteiger partial charge >= 0.3 is 0 Å². The van der Waals surface area contributed by atoms with Gasteiger partial charge in [0, 0.05) is 5.88 Å². The number of hydrogen-bond acceptors (Lipinski definition) is 0. The van der Waals surface area contributed by atoms with E-state index in [1.807, 2.05) is 0 Å². The summed E-state index contributed by atoms with van der Waals surface area (Å²) in [6.45, 7) is 2.29. The van der Waals surface area contributed by atoms with Gasteiger partial charge in [0.15, 0.2) is 0 Å². The van der Waals surface area contributed by atoms with Crippen LogP contribution in [-0.4, -0.2) is 5.88 Å². The Morgan fingerprint density at radius 1 is 1.27 bits per heavy atom. The molecule has 0 bridgehead atoms. The van der Waals surface area contributed by atoms with E-state index in [4.69, 9.17) is 11.6 Å². The average Bonchev–Trinajstić information content (AvgIpc) is 1.85. The van der Waals surface area contributed by atoms with Gasteiger partial charge in [-0.05, 0) is 42.9 Å². The van der Waals surface area contributed by atoms with Gasteiger partial charge < -0.3 is 0 Å². The van der Waals surface area contributed by atoms with Crippen LogP contribution in [0.3, 0.4) is 0 Å². The Morgan fingerprint density at radius 2 is 1.91 bits per heavy atom. The molecule has 2 aliphatic rings. The van der Waals surface area contributed by atoms with Crippen molar-refractivity contribution in [2.75, 3.05) is 5.88 Å². The molecule has 2 saturated carbocycles. The van der Waals surface area contributed by atoms with Crippen molar-refractivity contribution in [1.29, 1.82) is 0 Å². The molecule has 0 N–H and O–H groups in total. The number of halogens is 1. The largest absolute Gasteiger partial charge is 0.126 e. The van der Waals surface area contributed by atoms with E-state index in [0.717, 1.165) is 11.3 Å². The fraction of sp³-hybridized carbons (Fsp3) is 1.00. The van der Waals surface area contributed by atoms with E-state index in [-0.39, 0.29) is 0 Å². The normalized spacial score (nSPS) is 31.1. The smallest absolute Gasteiger partial charge is 0.0280 e. The van der Waals surface area contributed by atoms with Crippen LogP contribution in [0, 0.1) is 10.8 Å². The Hall–Kier alpha value is 0.290. The van der Waals surface area contributed by atoms with E-state index >= 15 is 0 Å². The molecule has 0 aromatic rings. The molecule has 0 aromatic carbocycles. The van der Waals surface area contributed by atoms with Crippen LogP contribution in [0.1, 0.15) is 45.4 Å². The topological polar surface area (TPSA) is 0 Å². The van der Waals surface area contributed by atoms with Crippen LogP contribution < -0.4 is 0 Å². The summed E-state index contributed by atoms with van der Waals surface area (Å²) in [6, 6.07) is 0. The predicted octanol–water partition coefficient (Wildman–Crippen LogP) is 3.59. The molecule has 0 unspecified atom stereocenters. The zero-order chi connectivity index (χ0) is 7.95. The standard InChI is InChI=1S/C10H17Cl/c1-2-9(8-11)6-10(7-9)4-3-5-10/h2-8H2,1H3. The molecular formula is C10H17Cl. The first-order valence-corrected chi connectivity index (χ1v) is 5.34. The lowest BCUT2D eigenvalue weighted by Gasteiger charge is -2.61. The zero-order valence-corrected chi connectivity index (χ0v) is 8.08. The molecule has 1 heteroatoms. The predicted molar refractivity (Wildman–Crippen MR) is 49.0 cm³/mol. The summed E-state index contributed by atoms with van der Waals surface area (Å²) >= 11 is 5.97. The van der Waals surface area contributed by atoms with Gasteiger partial charge in [-0.15, -0.1) is 11.6 Å². The molecule has 0 saturated heterocycles. The molecule has 0 nitrogen and oxygen atoms in total. The minimum atomic E-state index is 0.558. The van der Waals surface area contributed by atoms with Gasteiger partial charge in [-0.2, -0.15) is 0 Å². The maximum atomic E-state index is 5.97. The molecule has 0 aromatic heterocycles. The molecule has 11 heavy (non-hydrogen) atoms. The van der Waals surface area contributed by atoms with Crippen LogP contribution in [0.5, 0.6) is 0 Å². The van der Waals surface area contributed by atoms with Gasteiger partial charge in [-0.1, -0.05) is 13.3 Å². The Kier molecular flexibility index (Phi) is 1.72. The van der Waals surface area contributed by atoms with Crippen LogP contribution in [0.2, 0.25) is 0 Å². The highest BCUT2D eigenvalue weighted by Gasteiger charge is 2.55. The average molecular weight is 173 g/mol. The Labute approximate surface area is 74.3 Å². The first-order chi connectivity index (χ1) is 5.24. The van der Waals surface area contributed by atoms with E-state index in [1.54, 1.807) is 0 Å². The lowest BCUT2D eigenvalue weighted by Crippen LogP contribution is -2.51. The second-order valence-corrected chi connectivity index (χ2v) is 4.96. The van der Waals surface area contributed by atoms with Crippen LogP contribution in [0.4, 0.5) is 0 Å². The van der Waals surface area contributed by atoms with Gasteiger partial charge in [-0.3, -0.25) is 0 Å². The third-order valence-electron chi connectivity index (χ3n) is 3.95. The molecule has 64 valence electrons. The van der Waals surface area contributed by atoms with Gasteiger partial charge in [0.05, 0.1) is 0 Å². The van der Waals surface area contributed by atoms with Gasteiger partial charge in [0.25, 0.3) is 0 Å². The van der Waals surface area contributed by atoms with Crippen LogP contribution >= 0.6 is 11.6 Å². The summed E-state index contributed by atoms with van der Waals surface area (Å²) in [6.07, 6.45) is 8.61. The van der Waals surface area contributed by atoms with Crippen LogP contribution in [0.15, 0.2) is 0 Å². The van der Waals surface area contributed by atoms with E-state index in [2.05, 4.69) is 6.92 Å². The first-order valence-electron chi connectivity index (χ1n) is 4.80. The van der Waals surface area contributed by atoms with E-state index in [9.17, 15) is 0 Å². The Balaban J connectivity index is 1.93. The van der Waals surface area contributed by atoms with Crippen LogP contribution in [-0.2, 0) is 0 Å². The van der Waals surface area contributed by atoms with Crippen LogP contribution in [0.25, 0.3) is 0 Å². The van der Waals surface area contributed by atoms with Crippen molar-refractivity contribution < 1.29 is 0 Å². The summed E-state index contributed by atoms with van der Waals surface area (Å²) in [5, 5.41) is 0. The van der Waals surface area contributed by atoms with E-state index in [1.165, 1.54) is 38.5 Å². The number of alkyl halides is 1. The molecule has 2 aliphatic carbocycles. The highest BCUT2D eigenvalue weighted by molar-refractivity contribution is 6.18. The third kappa shape index (κ3) is 1.02. The molecule has 0 aliphatic heterocycles. The zero-order valence-electron chi connectivity index (χ0n) is 7.33. The molecule has 1 spiro atoms. The third-order valence-corrected chi connectivity index (χ3v) is 4.51. The van der Waals surface area contributed by atoms with Crippen molar-refractivity contribution in [3.8, 4) is 0 Å². The fourth-order valence-corrected chi connectivity index (χ4v) is 3.39. The minimum absolute atomic E-state index is 0.558. The maximum absolute atomic E-state index is 5.97. The SMILES string of the molecule is CCC1(CCl)CC2(CCC2)C1. The van der Waals surface area contributed by atoms with Crippen molar-refractivity contribution >= 4 is 11.6 Å². The number of hydrogen-bond donors (Lipinski definition) is 0. The second-order valence-electron chi connectivity index (χ2n) is 4.69. The highest BCUT2D eigenvalue weighted by Crippen LogP contribution is 2.65. The Bertz CT molecular complexity index is 144. The first kappa shape index (κ1) is 7.91. The monoisotopic (exact) mass is 172 g/mol. The molecule has 0 amide bonds. The summed E-state index contributed by atoms with van der Waals surface area (Å²) in [5.74, 6) is 0.894. The summed E-state index contributed by atoms with van der Waals surface area (Å²) < 4.78 is 0. The molecule has 0 radical (unpaired) electrons. The minimum Gasteiger partial charge on any atom is -0.126 e. The van der Waals surface area contributed by atoms with Gasteiger partial charge in [-0.25, -0.2) is 0 Å². The molecular weight excluding hydrogens is 156 g/mol. The van der Waals surface area contributed by atoms with E-state index in [0.29, 0.717) is 5.41 Å². The van der Waals surface area contributed by atoms with E-state index < -0.39 is 0 Å². The van der Waals surface area contributed by atoms with Gasteiger partial charge in [0.2, 0.25) is 0 Å². The summed E-state index contributed by atoms with van der Waals surface area (Å²) in [7, 11) is 0. The second kappa shape index (κ2) is 2.39. The Morgan fingerprint density at radius 3 is 2.18 bits per heavy atom. The van der Waals surface area contributed by atoms with Gasteiger partial charge in [0.1, 0.15) is 0 Å². The van der Waals surface area contributed by atoms with Crippen molar-refractivity contribution in [3.63, 3.8) is 0 Å². The quantitative estimate of drug-likeness (QED) is 0.559.